The predicted octanol–water partition coefficient (Wildman–Crippen LogP) is 9.19. The number of carbonyl (C=O) groups excluding carboxylic acids is 2. The largest absolute Gasteiger partial charge is 0.465 e. The molecule has 1 aliphatic rings. The quantitative estimate of drug-likeness (QED) is 0.111. The summed E-state index contributed by atoms with van der Waals surface area (Å²) in [6.45, 7) is 7.60. The van der Waals surface area contributed by atoms with Crippen LogP contribution < -0.4 is 0 Å². The molecule has 0 aromatic carbocycles. The fourth-order valence-corrected chi connectivity index (χ4v) is 5.30. The minimum Gasteiger partial charge on any atom is -0.465 e. The van der Waals surface area contributed by atoms with Gasteiger partial charge in [-0.05, 0) is 31.6 Å². The maximum Gasteiger partial charge on any atom is 0.309 e. The lowest BCUT2D eigenvalue weighted by atomic mass is 9.79. The molecule has 0 radical (unpaired) electrons. The number of hydrogen-bond acceptors (Lipinski definition) is 4. The van der Waals surface area contributed by atoms with Crippen molar-refractivity contribution in [1.29, 1.82) is 0 Å². The molecule has 0 aliphatic heterocycles. The maximum atomic E-state index is 12.8. The molecule has 0 aromatic rings. The van der Waals surface area contributed by atoms with Gasteiger partial charge in [0.1, 0.15) is 0 Å². The van der Waals surface area contributed by atoms with Crippen LogP contribution in [0.15, 0.2) is 0 Å². The second kappa shape index (κ2) is 22.2. The highest BCUT2D eigenvalue weighted by molar-refractivity contribution is 5.82. The van der Waals surface area contributed by atoms with Crippen molar-refractivity contribution >= 4 is 11.9 Å². The van der Waals surface area contributed by atoms with Crippen LogP contribution in [-0.2, 0) is 19.1 Å². The zero-order valence-corrected chi connectivity index (χ0v) is 23.6. The van der Waals surface area contributed by atoms with Crippen molar-refractivity contribution in [2.75, 3.05) is 13.2 Å². The monoisotopic (exact) mass is 494 g/mol. The van der Waals surface area contributed by atoms with Crippen molar-refractivity contribution in [3.63, 3.8) is 0 Å². The third-order valence-corrected chi connectivity index (χ3v) is 7.87. The van der Waals surface area contributed by atoms with Crippen LogP contribution in [-0.4, -0.2) is 25.2 Å². The molecule has 0 amide bonds. The van der Waals surface area contributed by atoms with Crippen LogP contribution >= 0.6 is 0 Å². The number of ether oxygens (including phenoxy) is 2. The first kappa shape index (κ1) is 32.0. The number of carbonyl (C=O) groups is 2. The molecule has 0 bridgehead atoms. The molecule has 4 heteroatoms. The Labute approximate surface area is 217 Å². The molecule has 1 rings (SSSR count). The standard InChI is InChI=1S/C31H58O4/c1-4-7-9-10-11-12-13-14-15-16-17-18-21-25-34-30(32)28-23-19-20-24-29(28)31(33)35-26-27(6-3)22-8-5-2/h27-29H,4-26H2,1-3H3. The Morgan fingerprint density at radius 1 is 0.629 bits per heavy atom. The first-order valence-electron chi connectivity index (χ1n) is 15.5. The van der Waals surface area contributed by atoms with E-state index in [9.17, 15) is 9.59 Å². The van der Waals surface area contributed by atoms with Crippen LogP contribution in [0, 0.1) is 17.8 Å². The van der Waals surface area contributed by atoms with Gasteiger partial charge < -0.3 is 9.47 Å². The summed E-state index contributed by atoms with van der Waals surface area (Å²) >= 11 is 0. The van der Waals surface area contributed by atoms with Gasteiger partial charge in [0.25, 0.3) is 0 Å². The Kier molecular flexibility index (Phi) is 20.2. The van der Waals surface area contributed by atoms with E-state index in [1.54, 1.807) is 0 Å². The Morgan fingerprint density at radius 2 is 1.09 bits per heavy atom. The molecular formula is C31H58O4. The van der Waals surface area contributed by atoms with Crippen LogP contribution in [0.25, 0.3) is 0 Å². The van der Waals surface area contributed by atoms with Crippen molar-refractivity contribution in [1.82, 2.24) is 0 Å². The summed E-state index contributed by atoms with van der Waals surface area (Å²) in [5.74, 6) is -0.546. The maximum absolute atomic E-state index is 12.8. The van der Waals surface area contributed by atoms with E-state index in [0.29, 0.717) is 19.1 Å². The topological polar surface area (TPSA) is 52.6 Å². The van der Waals surface area contributed by atoms with E-state index in [1.807, 2.05) is 0 Å². The van der Waals surface area contributed by atoms with Crippen LogP contribution in [0.4, 0.5) is 0 Å². The number of hydrogen-bond donors (Lipinski definition) is 0. The van der Waals surface area contributed by atoms with E-state index < -0.39 is 0 Å². The Bertz CT molecular complexity index is 518. The van der Waals surface area contributed by atoms with Crippen molar-refractivity contribution in [2.45, 2.75) is 156 Å². The summed E-state index contributed by atoms with van der Waals surface area (Å²) in [6.07, 6.45) is 25.0. The Morgan fingerprint density at radius 3 is 1.57 bits per heavy atom. The van der Waals surface area contributed by atoms with Gasteiger partial charge in [0.05, 0.1) is 25.0 Å². The van der Waals surface area contributed by atoms with Gasteiger partial charge in [-0.3, -0.25) is 9.59 Å². The Hall–Kier alpha value is -1.06. The minimum atomic E-state index is -0.313. The zero-order chi connectivity index (χ0) is 25.6. The van der Waals surface area contributed by atoms with Gasteiger partial charge in [0, 0.05) is 0 Å². The van der Waals surface area contributed by atoms with Crippen molar-refractivity contribution in [2.24, 2.45) is 17.8 Å². The fourth-order valence-electron chi connectivity index (χ4n) is 5.30. The second-order valence-electron chi connectivity index (χ2n) is 11.0. The predicted molar refractivity (Wildman–Crippen MR) is 146 cm³/mol. The molecular weight excluding hydrogens is 436 g/mol. The molecule has 0 spiro atoms. The molecule has 35 heavy (non-hydrogen) atoms. The van der Waals surface area contributed by atoms with Crippen LogP contribution in [0.1, 0.15) is 156 Å². The minimum absolute atomic E-state index is 0.177. The summed E-state index contributed by atoms with van der Waals surface area (Å²) in [5, 5.41) is 0. The van der Waals surface area contributed by atoms with Crippen LogP contribution in [0.3, 0.4) is 0 Å². The molecule has 1 fully saturated rings. The first-order chi connectivity index (χ1) is 17.1. The third kappa shape index (κ3) is 15.6. The van der Waals surface area contributed by atoms with Gasteiger partial charge in [0.15, 0.2) is 0 Å². The van der Waals surface area contributed by atoms with Crippen LogP contribution in [0.2, 0.25) is 0 Å². The smallest absolute Gasteiger partial charge is 0.309 e. The van der Waals surface area contributed by atoms with Gasteiger partial charge in [-0.25, -0.2) is 0 Å². The highest BCUT2D eigenvalue weighted by Gasteiger charge is 2.38. The molecule has 0 saturated heterocycles. The Balaban J connectivity index is 2.14. The van der Waals surface area contributed by atoms with Gasteiger partial charge in [-0.2, -0.15) is 0 Å². The lowest BCUT2D eigenvalue weighted by Gasteiger charge is -2.29. The van der Waals surface area contributed by atoms with Gasteiger partial charge in [-0.1, -0.05) is 130 Å². The molecule has 1 saturated carbocycles. The van der Waals surface area contributed by atoms with Crippen molar-refractivity contribution in [3.05, 3.63) is 0 Å². The second-order valence-corrected chi connectivity index (χ2v) is 11.0. The summed E-state index contributed by atoms with van der Waals surface area (Å²) in [6, 6.07) is 0. The molecule has 0 N–H and O–H groups in total. The van der Waals surface area contributed by atoms with Gasteiger partial charge in [-0.15, -0.1) is 0 Å². The van der Waals surface area contributed by atoms with Crippen molar-refractivity contribution in [3.8, 4) is 0 Å². The van der Waals surface area contributed by atoms with E-state index in [0.717, 1.165) is 51.4 Å². The van der Waals surface area contributed by atoms with E-state index in [2.05, 4.69) is 20.8 Å². The van der Waals surface area contributed by atoms with E-state index in [-0.39, 0.29) is 23.8 Å². The first-order valence-corrected chi connectivity index (χ1v) is 15.5. The normalized spacial score (nSPS) is 18.8. The molecule has 1 aliphatic carbocycles. The number of rotatable bonds is 22. The lowest BCUT2D eigenvalue weighted by Crippen LogP contribution is -2.35. The summed E-state index contributed by atoms with van der Waals surface area (Å²) in [5.41, 5.74) is 0. The molecule has 4 nitrogen and oxygen atoms in total. The number of esters is 2. The number of unbranched alkanes of at least 4 members (excludes halogenated alkanes) is 13. The molecule has 0 heterocycles. The summed E-state index contributed by atoms with van der Waals surface area (Å²) in [4.78, 5) is 25.5. The molecule has 3 atom stereocenters. The third-order valence-electron chi connectivity index (χ3n) is 7.87. The van der Waals surface area contributed by atoms with Crippen molar-refractivity contribution < 1.29 is 19.1 Å². The average Bonchev–Trinajstić information content (AvgIpc) is 2.88. The summed E-state index contributed by atoms with van der Waals surface area (Å²) in [7, 11) is 0. The summed E-state index contributed by atoms with van der Waals surface area (Å²) < 4.78 is 11.3. The van der Waals surface area contributed by atoms with E-state index in [1.165, 1.54) is 83.5 Å². The molecule has 3 unspecified atom stereocenters. The van der Waals surface area contributed by atoms with E-state index >= 15 is 0 Å². The highest BCUT2D eigenvalue weighted by atomic mass is 16.5. The van der Waals surface area contributed by atoms with Gasteiger partial charge >= 0.3 is 11.9 Å². The lowest BCUT2D eigenvalue weighted by molar-refractivity contribution is -0.163. The molecule has 0 aromatic heterocycles. The zero-order valence-electron chi connectivity index (χ0n) is 23.6. The highest BCUT2D eigenvalue weighted by Crippen LogP contribution is 2.32. The molecule has 206 valence electrons. The SMILES string of the molecule is CCCCCCCCCCCCCCCOC(=O)C1CCCCC1C(=O)OCC(CC)CCCC. The average molecular weight is 495 g/mol. The van der Waals surface area contributed by atoms with Gasteiger partial charge in [0.2, 0.25) is 0 Å². The fraction of sp³-hybridized carbons (Fsp3) is 0.935. The van der Waals surface area contributed by atoms with Crippen LogP contribution in [0.5, 0.6) is 0 Å². The van der Waals surface area contributed by atoms with E-state index in [4.69, 9.17) is 9.47 Å².